The van der Waals surface area contributed by atoms with Crippen LogP contribution in [0.5, 0.6) is 0 Å². The van der Waals surface area contributed by atoms with E-state index in [9.17, 15) is 9.59 Å². The SMILES string of the molecule is O=C(NC1CC1)c1ccccc1NC(=O)C1(c2ccccc2)CCC1. The number of benzene rings is 2. The van der Waals surface area contributed by atoms with Crippen molar-refractivity contribution < 1.29 is 9.59 Å². The molecule has 2 aliphatic carbocycles. The Hall–Kier alpha value is -2.62. The van der Waals surface area contributed by atoms with E-state index >= 15 is 0 Å². The van der Waals surface area contributed by atoms with Crippen LogP contribution in [-0.4, -0.2) is 17.9 Å². The second-order valence-electron chi connectivity index (χ2n) is 7.05. The van der Waals surface area contributed by atoms with Crippen LogP contribution in [0, 0.1) is 0 Å². The van der Waals surface area contributed by atoms with Gasteiger partial charge in [0, 0.05) is 6.04 Å². The van der Waals surface area contributed by atoms with Gasteiger partial charge in [-0.2, -0.15) is 0 Å². The maximum atomic E-state index is 13.1. The monoisotopic (exact) mass is 334 g/mol. The highest BCUT2D eigenvalue weighted by atomic mass is 16.2. The van der Waals surface area contributed by atoms with Crippen LogP contribution in [0.3, 0.4) is 0 Å². The van der Waals surface area contributed by atoms with Crippen molar-refractivity contribution in [2.45, 2.75) is 43.6 Å². The maximum absolute atomic E-state index is 13.1. The predicted molar refractivity (Wildman–Crippen MR) is 97.5 cm³/mol. The Balaban J connectivity index is 1.57. The molecule has 2 aromatic rings. The summed E-state index contributed by atoms with van der Waals surface area (Å²) < 4.78 is 0. The average Bonchev–Trinajstić information content (AvgIpc) is 3.39. The molecule has 0 aromatic heterocycles. The zero-order valence-corrected chi connectivity index (χ0v) is 14.1. The number of nitrogens with one attached hydrogen (secondary N) is 2. The van der Waals surface area contributed by atoms with Crippen molar-refractivity contribution in [3.8, 4) is 0 Å². The normalized spacial score (nSPS) is 18.1. The van der Waals surface area contributed by atoms with E-state index < -0.39 is 5.41 Å². The van der Waals surface area contributed by atoms with E-state index in [-0.39, 0.29) is 11.8 Å². The molecule has 0 unspecified atom stereocenters. The summed E-state index contributed by atoms with van der Waals surface area (Å²) in [5, 5.41) is 6.02. The summed E-state index contributed by atoms with van der Waals surface area (Å²) in [6.07, 6.45) is 4.82. The highest BCUT2D eigenvalue weighted by Gasteiger charge is 2.45. The van der Waals surface area contributed by atoms with Crippen LogP contribution in [0.15, 0.2) is 54.6 Å². The highest BCUT2D eigenvalue weighted by molar-refractivity contribution is 6.06. The molecule has 2 N–H and O–H groups in total. The molecule has 4 nitrogen and oxygen atoms in total. The zero-order chi connectivity index (χ0) is 17.3. The number of hydrogen-bond donors (Lipinski definition) is 2. The molecular formula is C21H22N2O2. The summed E-state index contributed by atoms with van der Waals surface area (Å²) in [5.74, 6) is -0.127. The van der Waals surface area contributed by atoms with E-state index in [1.807, 2.05) is 42.5 Å². The summed E-state index contributed by atoms with van der Waals surface area (Å²) in [5.41, 5.74) is 1.71. The lowest BCUT2D eigenvalue weighted by molar-refractivity contribution is -0.124. The summed E-state index contributed by atoms with van der Waals surface area (Å²) in [7, 11) is 0. The molecule has 0 heterocycles. The molecule has 4 heteroatoms. The van der Waals surface area contributed by atoms with Gasteiger partial charge in [-0.15, -0.1) is 0 Å². The van der Waals surface area contributed by atoms with Gasteiger partial charge >= 0.3 is 0 Å². The largest absolute Gasteiger partial charge is 0.349 e. The highest BCUT2D eigenvalue weighted by Crippen LogP contribution is 2.44. The standard InChI is InChI=1S/C21H22N2O2/c24-19(22-16-11-12-16)17-9-4-5-10-18(17)23-20(25)21(13-6-14-21)15-7-2-1-3-8-15/h1-5,7-10,16H,6,11-14H2,(H,22,24)(H,23,25). The number of carbonyl (C=O) groups excluding carboxylic acids is 2. The van der Waals surface area contributed by atoms with Crippen molar-refractivity contribution in [3.63, 3.8) is 0 Å². The molecule has 2 saturated carbocycles. The lowest BCUT2D eigenvalue weighted by atomic mass is 9.64. The minimum absolute atomic E-state index is 0.0170. The first-order valence-electron chi connectivity index (χ1n) is 8.96. The third-order valence-corrected chi connectivity index (χ3v) is 5.30. The maximum Gasteiger partial charge on any atom is 0.253 e. The van der Waals surface area contributed by atoms with Crippen LogP contribution in [-0.2, 0) is 10.2 Å². The smallest absolute Gasteiger partial charge is 0.253 e. The first kappa shape index (κ1) is 15.9. The molecule has 0 spiro atoms. The van der Waals surface area contributed by atoms with Gasteiger partial charge in [0.25, 0.3) is 5.91 Å². The molecule has 2 aliphatic rings. The van der Waals surface area contributed by atoms with E-state index in [4.69, 9.17) is 0 Å². The van der Waals surface area contributed by atoms with E-state index in [2.05, 4.69) is 10.6 Å². The van der Waals surface area contributed by atoms with Gasteiger partial charge in [-0.05, 0) is 43.4 Å². The van der Waals surface area contributed by atoms with Crippen molar-refractivity contribution >= 4 is 17.5 Å². The summed E-state index contributed by atoms with van der Waals surface area (Å²) in [6, 6.07) is 17.5. The van der Waals surface area contributed by atoms with Gasteiger partial charge in [0.2, 0.25) is 5.91 Å². The second-order valence-corrected chi connectivity index (χ2v) is 7.05. The average molecular weight is 334 g/mol. The molecule has 0 bridgehead atoms. The molecule has 0 aliphatic heterocycles. The first-order valence-corrected chi connectivity index (χ1v) is 8.96. The third-order valence-electron chi connectivity index (χ3n) is 5.30. The van der Waals surface area contributed by atoms with E-state index in [0.29, 0.717) is 17.3 Å². The third kappa shape index (κ3) is 3.04. The Labute approximate surface area is 147 Å². The van der Waals surface area contributed by atoms with Gasteiger partial charge in [0.15, 0.2) is 0 Å². The Kier molecular flexibility index (Phi) is 4.04. The van der Waals surface area contributed by atoms with Crippen molar-refractivity contribution in [2.75, 3.05) is 5.32 Å². The minimum atomic E-state index is -0.471. The molecule has 0 radical (unpaired) electrons. The second kappa shape index (κ2) is 6.36. The van der Waals surface area contributed by atoms with E-state index in [1.165, 1.54) is 0 Å². The molecule has 25 heavy (non-hydrogen) atoms. The Morgan fingerprint density at radius 1 is 0.920 bits per heavy atom. The van der Waals surface area contributed by atoms with Gasteiger partial charge in [0.1, 0.15) is 0 Å². The van der Waals surface area contributed by atoms with Crippen LogP contribution in [0.25, 0.3) is 0 Å². The number of carbonyl (C=O) groups is 2. The lowest BCUT2D eigenvalue weighted by Crippen LogP contribution is -2.46. The lowest BCUT2D eigenvalue weighted by Gasteiger charge is -2.40. The van der Waals surface area contributed by atoms with Crippen LogP contribution >= 0.6 is 0 Å². The topological polar surface area (TPSA) is 58.2 Å². The van der Waals surface area contributed by atoms with Crippen LogP contribution < -0.4 is 10.6 Å². The van der Waals surface area contributed by atoms with Gasteiger partial charge in [0.05, 0.1) is 16.7 Å². The zero-order valence-electron chi connectivity index (χ0n) is 14.1. The number of para-hydroxylation sites is 1. The molecule has 2 aromatic carbocycles. The molecule has 2 fully saturated rings. The summed E-state index contributed by atoms with van der Waals surface area (Å²) in [4.78, 5) is 25.5. The molecule has 128 valence electrons. The summed E-state index contributed by atoms with van der Waals surface area (Å²) >= 11 is 0. The van der Waals surface area contributed by atoms with Gasteiger partial charge < -0.3 is 10.6 Å². The van der Waals surface area contributed by atoms with Crippen molar-refractivity contribution in [3.05, 3.63) is 65.7 Å². The van der Waals surface area contributed by atoms with Crippen molar-refractivity contribution in [1.82, 2.24) is 5.32 Å². The van der Waals surface area contributed by atoms with E-state index in [1.54, 1.807) is 12.1 Å². The van der Waals surface area contributed by atoms with Gasteiger partial charge in [-0.1, -0.05) is 48.9 Å². The Morgan fingerprint density at radius 2 is 1.60 bits per heavy atom. The van der Waals surface area contributed by atoms with Crippen LogP contribution in [0.4, 0.5) is 5.69 Å². The number of hydrogen-bond acceptors (Lipinski definition) is 2. The molecular weight excluding hydrogens is 312 g/mol. The Bertz CT molecular complexity index is 793. The molecule has 0 atom stereocenters. The predicted octanol–water partition coefficient (Wildman–Crippen LogP) is 3.64. The van der Waals surface area contributed by atoms with Crippen molar-refractivity contribution in [2.24, 2.45) is 0 Å². The van der Waals surface area contributed by atoms with Gasteiger partial charge in [-0.3, -0.25) is 9.59 Å². The number of rotatable bonds is 5. The minimum Gasteiger partial charge on any atom is -0.349 e. The molecule has 4 rings (SSSR count). The Morgan fingerprint density at radius 3 is 2.24 bits per heavy atom. The fraction of sp³-hybridized carbons (Fsp3) is 0.333. The number of amides is 2. The van der Waals surface area contributed by atoms with Gasteiger partial charge in [-0.25, -0.2) is 0 Å². The molecule has 0 saturated heterocycles. The fourth-order valence-electron chi connectivity index (χ4n) is 3.46. The quantitative estimate of drug-likeness (QED) is 0.877. The van der Waals surface area contributed by atoms with Crippen molar-refractivity contribution in [1.29, 1.82) is 0 Å². The number of anilines is 1. The fourth-order valence-corrected chi connectivity index (χ4v) is 3.46. The van der Waals surface area contributed by atoms with E-state index in [0.717, 1.165) is 37.7 Å². The summed E-state index contributed by atoms with van der Waals surface area (Å²) in [6.45, 7) is 0. The first-order chi connectivity index (χ1) is 12.2. The molecule has 2 amide bonds. The van der Waals surface area contributed by atoms with Crippen LogP contribution in [0.2, 0.25) is 0 Å². The van der Waals surface area contributed by atoms with Crippen LogP contribution in [0.1, 0.15) is 48.0 Å².